The molecule has 1 heterocycles. The van der Waals surface area contributed by atoms with Crippen LogP contribution < -0.4 is 10.2 Å². The van der Waals surface area contributed by atoms with Crippen molar-refractivity contribution >= 4 is 33.2 Å². The summed E-state index contributed by atoms with van der Waals surface area (Å²) in [6, 6.07) is 7.55. The van der Waals surface area contributed by atoms with Gasteiger partial charge in [0.25, 0.3) is 0 Å². The summed E-state index contributed by atoms with van der Waals surface area (Å²) in [6.07, 6.45) is 2.23. The highest BCUT2D eigenvalue weighted by Crippen LogP contribution is 2.20. The van der Waals surface area contributed by atoms with Gasteiger partial charge in [0.15, 0.2) is 0 Å². The Labute approximate surface area is 155 Å². The lowest BCUT2D eigenvalue weighted by Crippen LogP contribution is -2.50. The van der Waals surface area contributed by atoms with Crippen molar-refractivity contribution < 1.29 is 13.2 Å². The smallest absolute Gasteiger partial charge is 0.220 e. The number of amides is 1. The van der Waals surface area contributed by atoms with Crippen LogP contribution in [0.25, 0.3) is 0 Å². The second-order valence-corrected chi connectivity index (χ2v) is 8.66. The van der Waals surface area contributed by atoms with E-state index in [1.54, 1.807) is 0 Å². The first kappa shape index (κ1) is 20.0. The number of piperazine rings is 1. The average molecular weight is 388 g/mol. The van der Waals surface area contributed by atoms with E-state index in [0.29, 0.717) is 37.6 Å². The van der Waals surface area contributed by atoms with Crippen LogP contribution in [0.15, 0.2) is 24.3 Å². The van der Waals surface area contributed by atoms with E-state index in [0.717, 1.165) is 18.5 Å². The topological polar surface area (TPSA) is 69.7 Å². The molecule has 1 saturated heterocycles. The van der Waals surface area contributed by atoms with Gasteiger partial charge >= 0.3 is 0 Å². The number of hydrogen-bond donors (Lipinski definition) is 1. The van der Waals surface area contributed by atoms with Crippen LogP contribution in [0.4, 0.5) is 5.69 Å². The van der Waals surface area contributed by atoms with Crippen molar-refractivity contribution in [3.63, 3.8) is 0 Å². The van der Waals surface area contributed by atoms with Gasteiger partial charge in [-0.1, -0.05) is 24.9 Å². The fourth-order valence-electron chi connectivity index (χ4n) is 2.75. The van der Waals surface area contributed by atoms with Crippen LogP contribution in [0.3, 0.4) is 0 Å². The summed E-state index contributed by atoms with van der Waals surface area (Å²) in [5.74, 6) is -0.129. The van der Waals surface area contributed by atoms with Crippen molar-refractivity contribution in [2.45, 2.75) is 26.2 Å². The molecule has 0 spiro atoms. The van der Waals surface area contributed by atoms with Crippen molar-refractivity contribution in [1.29, 1.82) is 0 Å². The Balaban J connectivity index is 1.78. The number of benzene rings is 1. The predicted molar refractivity (Wildman–Crippen MR) is 102 cm³/mol. The number of carbonyl (C=O) groups is 1. The van der Waals surface area contributed by atoms with Gasteiger partial charge in [0.2, 0.25) is 15.9 Å². The van der Waals surface area contributed by atoms with E-state index in [1.165, 1.54) is 4.31 Å². The lowest BCUT2D eigenvalue weighted by molar-refractivity contribution is -0.121. The maximum atomic E-state index is 12.4. The van der Waals surface area contributed by atoms with Gasteiger partial charge < -0.3 is 10.2 Å². The minimum Gasteiger partial charge on any atom is -0.369 e. The van der Waals surface area contributed by atoms with Crippen LogP contribution >= 0.6 is 11.6 Å². The zero-order valence-corrected chi connectivity index (χ0v) is 16.2. The molecule has 0 aromatic heterocycles. The highest BCUT2D eigenvalue weighted by molar-refractivity contribution is 7.89. The SMILES string of the molecule is CCCCC(=O)NCCS(=O)(=O)N1CCN(c2ccc(Cl)cc2)CC1. The molecule has 0 bridgehead atoms. The first-order valence-electron chi connectivity index (χ1n) is 8.67. The van der Waals surface area contributed by atoms with Crippen LogP contribution in [0, 0.1) is 0 Å². The summed E-state index contributed by atoms with van der Waals surface area (Å²) in [5, 5.41) is 3.37. The lowest BCUT2D eigenvalue weighted by Gasteiger charge is -2.35. The standard InChI is InChI=1S/C17H26ClN3O3S/c1-2-3-4-17(22)19-9-14-25(23,24)21-12-10-20(11-13-21)16-7-5-15(18)6-8-16/h5-8H,2-4,9-14H2,1H3,(H,19,22). The van der Waals surface area contributed by atoms with E-state index >= 15 is 0 Å². The Bertz CT molecular complexity index is 656. The van der Waals surface area contributed by atoms with E-state index in [9.17, 15) is 13.2 Å². The molecule has 0 atom stereocenters. The van der Waals surface area contributed by atoms with Gasteiger partial charge in [0.1, 0.15) is 0 Å². The number of unbranched alkanes of at least 4 members (excludes halogenated alkanes) is 1. The molecule has 0 saturated carbocycles. The number of rotatable bonds is 8. The quantitative estimate of drug-likeness (QED) is 0.741. The molecule has 1 aliphatic heterocycles. The summed E-state index contributed by atoms with van der Waals surface area (Å²) >= 11 is 5.90. The summed E-state index contributed by atoms with van der Waals surface area (Å²) in [6.45, 7) is 4.38. The molecule has 0 radical (unpaired) electrons. The zero-order valence-electron chi connectivity index (χ0n) is 14.6. The van der Waals surface area contributed by atoms with Crippen LogP contribution in [0.1, 0.15) is 26.2 Å². The number of nitrogens with one attached hydrogen (secondary N) is 1. The predicted octanol–water partition coefficient (Wildman–Crippen LogP) is 2.10. The zero-order chi connectivity index (χ0) is 18.3. The summed E-state index contributed by atoms with van der Waals surface area (Å²) in [5.41, 5.74) is 1.05. The first-order valence-corrected chi connectivity index (χ1v) is 10.7. The van der Waals surface area contributed by atoms with Crippen molar-refractivity contribution in [2.75, 3.05) is 43.4 Å². The maximum Gasteiger partial charge on any atom is 0.220 e. The van der Waals surface area contributed by atoms with E-state index in [2.05, 4.69) is 10.2 Å². The maximum absolute atomic E-state index is 12.4. The molecule has 25 heavy (non-hydrogen) atoms. The molecule has 1 aromatic rings. The van der Waals surface area contributed by atoms with Gasteiger partial charge in [0.05, 0.1) is 5.75 Å². The normalized spacial score (nSPS) is 16.0. The van der Waals surface area contributed by atoms with E-state index in [-0.39, 0.29) is 18.2 Å². The van der Waals surface area contributed by atoms with Gasteiger partial charge in [-0.3, -0.25) is 4.79 Å². The number of nitrogens with zero attached hydrogens (tertiary/aromatic N) is 2. The molecular formula is C17H26ClN3O3S. The van der Waals surface area contributed by atoms with Gasteiger partial charge in [-0.25, -0.2) is 8.42 Å². The number of hydrogen-bond acceptors (Lipinski definition) is 4. The van der Waals surface area contributed by atoms with Crippen LogP contribution in [0.2, 0.25) is 5.02 Å². The Morgan fingerprint density at radius 2 is 1.80 bits per heavy atom. The van der Waals surface area contributed by atoms with Crippen molar-refractivity contribution in [1.82, 2.24) is 9.62 Å². The van der Waals surface area contributed by atoms with Crippen LogP contribution in [-0.2, 0) is 14.8 Å². The average Bonchev–Trinajstić information content (AvgIpc) is 2.60. The van der Waals surface area contributed by atoms with Crippen molar-refractivity contribution in [3.8, 4) is 0 Å². The second kappa shape index (κ2) is 9.40. The molecule has 1 N–H and O–H groups in total. The Kier molecular flexibility index (Phi) is 7.53. The molecule has 8 heteroatoms. The van der Waals surface area contributed by atoms with E-state index in [4.69, 9.17) is 11.6 Å². The van der Waals surface area contributed by atoms with E-state index in [1.807, 2.05) is 31.2 Å². The first-order chi connectivity index (χ1) is 11.9. The minimum absolute atomic E-state index is 0.0498. The molecule has 1 aliphatic rings. The van der Waals surface area contributed by atoms with Crippen LogP contribution in [0.5, 0.6) is 0 Å². The number of carbonyl (C=O) groups excluding carboxylic acids is 1. The number of halogens is 1. The molecule has 0 unspecified atom stereocenters. The second-order valence-electron chi connectivity index (χ2n) is 6.13. The third-order valence-electron chi connectivity index (χ3n) is 4.26. The Morgan fingerprint density at radius 3 is 2.40 bits per heavy atom. The molecule has 1 fully saturated rings. The fraction of sp³-hybridized carbons (Fsp3) is 0.588. The third kappa shape index (κ3) is 6.17. The highest BCUT2D eigenvalue weighted by atomic mass is 35.5. The highest BCUT2D eigenvalue weighted by Gasteiger charge is 2.26. The molecule has 2 rings (SSSR count). The Morgan fingerprint density at radius 1 is 1.16 bits per heavy atom. The minimum atomic E-state index is -3.34. The van der Waals surface area contributed by atoms with Gasteiger partial charge in [-0.15, -0.1) is 0 Å². The molecule has 6 nitrogen and oxygen atoms in total. The lowest BCUT2D eigenvalue weighted by atomic mass is 10.2. The van der Waals surface area contributed by atoms with E-state index < -0.39 is 10.0 Å². The number of anilines is 1. The molecular weight excluding hydrogens is 362 g/mol. The monoisotopic (exact) mass is 387 g/mol. The molecule has 1 amide bonds. The summed E-state index contributed by atoms with van der Waals surface area (Å²) < 4.78 is 26.3. The molecule has 140 valence electrons. The Hall–Kier alpha value is -1.31. The van der Waals surface area contributed by atoms with Crippen molar-refractivity contribution in [3.05, 3.63) is 29.3 Å². The summed E-state index contributed by atoms with van der Waals surface area (Å²) in [7, 11) is -3.34. The summed E-state index contributed by atoms with van der Waals surface area (Å²) in [4.78, 5) is 13.7. The third-order valence-corrected chi connectivity index (χ3v) is 6.39. The van der Waals surface area contributed by atoms with Gasteiger partial charge in [-0.2, -0.15) is 4.31 Å². The number of sulfonamides is 1. The molecule has 1 aromatic carbocycles. The van der Waals surface area contributed by atoms with Gasteiger partial charge in [0, 0.05) is 49.9 Å². The molecule has 0 aliphatic carbocycles. The van der Waals surface area contributed by atoms with Gasteiger partial charge in [-0.05, 0) is 30.7 Å². The largest absolute Gasteiger partial charge is 0.369 e. The fourth-order valence-corrected chi connectivity index (χ4v) is 4.21. The van der Waals surface area contributed by atoms with Crippen molar-refractivity contribution in [2.24, 2.45) is 0 Å². The van der Waals surface area contributed by atoms with Crippen LogP contribution in [-0.4, -0.2) is 57.1 Å².